The Kier molecular flexibility index (Phi) is 5.67. The van der Waals surface area contributed by atoms with Crippen LogP contribution < -0.4 is 0 Å². The second kappa shape index (κ2) is 8.56. The van der Waals surface area contributed by atoms with Crippen molar-refractivity contribution in [1.82, 2.24) is 9.80 Å². The number of nitro groups is 1. The third-order valence-corrected chi connectivity index (χ3v) is 5.99. The number of carbonyl (C=O) groups is 3. The molecule has 160 valence electrons. The monoisotopic (exact) mass is 443 g/mol. The van der Waals surface area contributed by atoms with Crippen LogP contribution in [0, 0.1) is 10.1 Å². The minimum atomic E-state index is -0.663. The second-order valence-electron chi connectivity index (χ2n) is 6.82. The van der Waals surface area contributed by atoms with Crippen molar-refractivity contribution in [1.29, 1.82) is 0 Å². The van der Waals surface area contributed by atoms with E-state index in [4.69, 9.17) is 9.15 Å². The quantitative estimate of drug-likeness (QED) is 0.337. The number of fused-ring (bicyclic) bond motifs is 1. The highest BCUT2D eigenvalue weighted by Crippen LogP contribution is 2.29. The van der Waals surface area contributed by atoms with Gasteiger partial charge in [-0.3, -0.25) is 19.7 Å². The average molecular weight is 443 g/mol. The maximum absolute atomic E-state index is 12.4. The Bertz CT molecular complexity index is 1150. The molecular weight excluding hydrogens is 426 g/mol. The third-order valence-electron chi connectivity index (χ3n) is 4.89. The summed E-state index contributed by atoms with van der Waals surface area (Å²) in [4.78, 5) is 50.7. The molecule has 3 aromatic rings. The van der Waals surface area contributed by atoms with Crippen molar-refractivity contribution in [3.63, 3.8) is 0 Å². The minimum Gasteiger partial charge on any atom is -0.459 e. The van der Waals surface area contributed by atoms with Gasteiger partial charge < -0.3 is 19.0 Å². The Morgan fingerprint density at radius 2 is 1.84 bits per heavy atom. The number of furan rings is 1. The van der Waals surface area contributed by atoms with Gasteiger partial charge in [0.15, 0.2) is 12.4 Å². The van der Waals surface area contributed by atoms with Crippen LogP contribution in [0.2, 0.25) is 0 Å². The van der Waals surface area contributed by atoms with E-state index in [1.165, 1.54) is 29.4 Å². The van der Waals surface area contributed by atoms with Gasteiger partial charge in [-0.1, -0.05) is 0 Å². The smallest absolute Gasteiger partial charge is 0.348 e. The number of hydrogen-bond acceptors (Lipinski definition) is 8. The van der Waals surface area contributed by atoms with Crippen LogP contribution in [0.25, 0.3) is 10.1 Å². The van der Waals surface area contributed by atoms with Gasteiger partial charge in [0.2, 0.25) is 0 Å². The van der Waals surface area contributed by atoms with E-state index < -0.39 is 17.5 Å². The normalized spacial score (nSPS) is 13.9. The van der Waals surface area contributed by atoms with E-state index in [1.54, 1.807) is 23.1 Å². The number of amides is 2. The van der Waals surface area contributed by atoms with Gasteiger partial charge in [-0.2, -0.15) is 0 Å². The summed E-state index contributed by atoms with van der Waals surface area (Å²) in [6.45, 7) is 0.951. The molecule has 0 bridgehead atoms. The van der Waals surface area contributed by atoms with Crippen molar-refractivity contribution >= 4 is 44.9 Å². The number of non-ortho nitro benzene ring substituents is 1. The van der Waals surface area contributed by atoms with Gasteiger partial charge in [0.1, 0.15) is 4.88 Å². The fraction of sp³-hybridized carbons (Fsp3) is 0.250. The van der Waals surface area contributed by atoms with E-state index in [-0.39, 0.29) is 28.1 Å². The first-order valence-electron chi connectivity index (χ1n) is 9.38. The lowest BCUT2D eigenvalue weighted by Crippen LogP contribution is -2.51. The summed E-state index contributed by atoms with van der Waals surface area (Å²) in [6.07, 6.45) is 1.43. The van der Waals surface area contributed by atoms with Crippen molar-refractivity contribution in [3.8, 4) is 0 Å². The third kappa shape index (κ3) is 4.40. The summed E-state index contributed by atoms with van der Waals surface area (Å²) < 4.78 is 11.0. The summed E-state index contributed by atoms with van der Waals surface area (Å²) in [5.41, 5.74) is -0.0648. The number of ether oxygens (including phenoxy) is 1. The van der Waals surface area contributed by atoms with Crippen LogP contribution >= 0.6 is 11.3 Å². The van der Waals surface area contributed by atoms with Crippen molar-refractivity contribution in [2.45, 2.75) is 0 Å². The molecule has 0 unspecified atom stereocenters. The summed E-state index contributed by atoms with van der Waals surface area (Å²) in [5.74, 6) is -0.991. The lowest BCUT2D eigenvalue weighted by atomic mass is 10.2. The number of piperazine rings is 1. The highest BCUT2D eigenvalue weighted by atomic mass is 32.1. The van der Waals surface area contributed by atoms with Gasteiger partial charge >= 0.3 is 5.97 Å². The molecule has 1 fully saturated rings. The largest absolute Gasteiger partial charge is 0.459 e. The summed E-state index contributed by atoms with van der Waals surface area (Å²) in [7, 11) is 0. The second-order valence-corrected chi connectivity index (χ2v) is 7.90. The Hall–Kier alpha value is -3.73. The number of esters is 1. The predicted molar refractivity (Wildman–Crippen MR) is 110 cm³/mol. The average Bonchev–Trinajstić information content (AvgIpc) is 3.46. The molecule has 1 aliphatic rings. The van der Waals surface area contributed by atoms with Crippen molar-refractivity contribution in [3.05, 3.63) is 63.4 Å². The molecule has 0 atom stereocenters. The van der Waals surface area contributed by atoms with Crippen LogP contribution in [-0.2, 0) is 9.53 Å². The molecule has 0 N–H and O–H groups in total. The van der Waals surface area contributed by atoms with Crippen molar-refractivity contribution in [2.24, 2.45) is 0 Å². The Labute approximate surface area is 179 Å². The van der Waals surface area contributed by atoms with Gasteiger partial charge in [0.05, 0.1) is 11.2 Å². The molecule has 1 aliphatic heterocycles. The number of rotatable bonds is 5. The number of nitrogens with zero attached hydrogens (tertiary/aromatic N) is 3. The maximum Gasteiger partial charge on any atom is 0.348 e. The fourth-order valence-electron chi connectivity index (χ4n) is 3.25. The van der Waals surface area contributed by atoms with Crippen LogP contribution in [0.3, 0.4) is 0 Å². The first-order valence-corrected chi connectivity index (χ1v) is 10.2. The topological polar surface area (TPSA) is 123 Å². The molecular formula is C20H17N3O7S. The number of thiophene rings is 1. The standard InChI is InChI=1S/C20H17N3O7S/c24-18(21-5-7-22(8-6-21)19(25)15-2-1-9-29-15)12-30-20(26)17-11-13-10-14(23(27)28)3-4-16(13)31-17/h1-4,9-11H,5-8,12H2. The molecule has 0 saturated carbocycles. The minimum absolute atomic E-state index is 0.0648. The van der Waals surface area contributed by atoms with E-state index in [9.17, 15) is 24.5 Å². The lowest BCUT2D eigenvalue weighted by Gasteiger charge is -2.34. The highest BCUT2D eigenvalue weighted by Gasteiger charge is 2.26. The van der Waals surface area contributed by atoms with Gasteiger partial charge in [-0.15, -0.1) is 11.3 Å². The maximum atomic E-state index is 12.4. The molecule has 1 saturated heterocycles. The molecule has 3 heterocycles. The highest BCUT2D eigenvalue weighted by molar-refractivity contribution is 7.20. The molecule has 0 aliphatic carbocycles. The van der Waals surface area contributed by atoms with Gasteiger partial charge in [-0.25, -0.2) is 4.79 Å². The van der Waals surface area contributed by atoms with E-state index in [1.807, 2.05) is 0 Å². The number of carbonyl (C=O) groups excluding carboxylic acids is 3. The van der Waals surface area contributed by atoms with Gasteiger partial charge in [-0.05, 0) is 24.3 Å². The zero-order chi connectivity index (χ0) is 22.0. The van der Waals surface area contributed by atoms with E-state index in [0.717, 1.165) is 11.3 Å². The Morgan fingerprint density at radius 1 is 1.10 bits per heavy atom. The number of nitro benzene ring substituents is 1. The van der Waals surface area contributed by atoms with Crippen LogP contribution in [0.1, 0.15) is 20.2 Å². The van der Waals surface area contributed by atoms with Gasteiger partial charge in [0, 0.05) is 48.4 Å². The molecule has 0 spiro atoms. The first-order chi connectivity index (χ1) is 14.9. The number of benzene rings is 1. The first kappa shape index (κ1) is 20.5. The lowest BCUT2D eigenvalue weighted by molar-refractivity contribution is -0.384. The molecule has 31 heavy (non-hydrogen) atoms. The summed E-state index contributed by atoms with van der Waals surface area (Å²) in [6, 6.07) is 9.07. The van der Waals surface area contributed by atoms with Crippen molar-refractivity contribution < 1.29 is 28.5 Å². The van der Waals surface area contributed by atoms with Crippen LogP contribution in [0.15, 0.2) is 47.1 Å². The molecule has 0 radical (unpaired) electrons. The number of hydrogen-bond donors (Lipinski definition) is 0. The Balaban J connectivity index is 1.30. The van der Waals surface area contributed by atoms with E-state index in [2.05, 4.69) is 0 Å². The molecule has 1 aromatic carbocycles. The van der Waals surface area contributed by atoms with E-state index in [0.29, 0.717) is 36.3 Å². The van der Waals surface area contributed by atoms with E-state index >= 15 is 0 Å². The predicted octanol–water partition coefficient (Wildman–Crippen LogP) is 2.54. The zero-order valence-corrected chi connectivity index (χ0v) is 17.0. The molecule has 10 nitrogen and oxygen atoms in total. The van der Waals surface area contributed by atoms with Crippen molar-refractivity contribution in [2.75, 3.05) is 32.8 Å². The summed E-state index contributed by atoms with van der Waals surface area (Å²) in [5, 5.41) is 11.4. The molecule has 2 amide bonds. The molecule has 2 aromatic heterocycles. The van der Waals surface area contributed by atoms with Crippen LogP contribution in [-0.4, -0.2) is 65.3 Å². The SMILES string of the molecule is O=C(OCC(=O)N1CCN(C(=O)c2ccco2)CC1)c1cc2cc([N+](=O)[O-])ccc2s1. The molecule has 11 heteroatoms. The van der Waals surface area contributed by atoms with Crippen LogP contribution in [0.4, 0.5) is 5.69 Å². The Morgan fingerprint density at radius 3 is 2.52 bits per heavy atom. The molecule has 4 rings (SSSR count). The summed E-state index contributed by atoms with van der Waals surface area (Å²) >= 11 is 1.14. The van der Waals surface area contributed by atoms with Gasteiger partial charge in [0.25, 0.3) is 17.5 Å². The van der Waals surface area contributed by atoms with Crippen LogP contribution in [0.5, 0.6) is 0 Å². The fourth-order valence-corrected chi connectivity index (χ4v) is 4.19. The zero-order valence-electron chi connectivity index (χ0n) is 16.2.